The predicted octanol–water partition coefficient (Wildman–Crippen LogP) is 3.82. The molecule has 1 N–H and O–H groups in total. The first kappa shape index (κ1) is 17.1. The highest BCUT2D eigenvalue weighted by atomic mass is 16.4. The molecule has 1 amide bonds. The number of hydrogen-bond acceptors (Lipinski definition) is 2. The fraction of sp³-hybridized carbons (Fsp3) is 0.182. The summed E-state index contributed by atoms with van der Waals surface area (Å²) < 4.78 is 1.58. The molecule has 0 radical (unpaired) electrons. The van der Waals surface area contributed by atoms with Gasteiger partial charge in [-0.25, -0.2) is 4.79 Å². The van der Waals surface area contributed by atoms with E-state index in [9.17, 15) is 14.7 Å². The Bertz CT molecular complexity index is 976. The van der Waals surface area contributed by atoms with Crippen LogP contribution in [0.25, 0.3) is 0 Å². The van der Waals surface area contributed by atoms with Crippen LogP contribution in [-0.4, -0.2) is 26.5 Å². The van der Waals surface area contributed by atoms with Crippen molar-refractivity contribution in [3.8, 4) is 0 Å². The maximum absolute atomic E-state index is 13.2. The predicted molar refractivity (Wildman–Crippen MR) is 101 cm³/mol. The lowest BCUT2D eigenvalue weighted by Crippen LogP contribution is -2.47. The molecule has 5 nitrogen and oxygen atoms in total. The summed E-state index contributed by atoms with van der Waals surface area (Å²) >= 11 is 0. The third kappa shape index (κ3) is 3.01. The lowest BCUT2D eigenvalue weighted by molar-refractivity contribution is -0.143. The van der Waals surface area contributed by atoms with E-state index < -0.39 is 18.1 Å². The Labute approximate surface area is 157 Å². The van der Waals surface area contributed by atoms with E-state index in [-0.39, 0.29) is 5.91 Å². The standard InChI is InChI=1S/C22H20N2O3/c1-15-9-11-17(12-10-15)19-20(22(26)27)23-13-5-8-18(23)21(25)24(19)14-16-6-3-2-4-7-16/h2-13,19-20H,14H2,1H3,(H,26,27)/t19-,20+/m1/s1. The summed E-state index contributed by atoms with van der Waals surface area (Å²) in [4.78, 5) is 27.1. The second-order valence-corrected chi connectivity index (χ2v) is 6.86. The fourth-order valence-corrected chi connectivity index (χ4v) is 3.74. The van der Waals surface area contributed by atoms with E-state index in [1.807, 2.05) is 61.5 Å². The number of aromatic nitrogens is 1. The zero-order valence-electron chi connectivity index (χ0n) is 14.9. The Balaban J connectivity index is 1.86. The lowest BCUT2D eigenvalue weighted by Gasteiger charge is -2.41. The van der Waals surface area contributed by atoms with Crippen LogP contribution in [0.15, 0.2) is 72.9 Å². The van der Waals surface area contributed by atoms with Crippen molar-refractivity contribution in [2.75, 3.05) is 0 Å². The number of carboxylic acid groups (broad SMARTS) is 1. The largest absolute Gasteiger partial charge is 0.480 e. The molecular formula is C22H20N2O3. The molecular weight excluding hydrogens is 340 g/mol. The fourth-order valence-electron chi connectivity index (χ4n) is 3.74. The van der Waals surface area contributed by atoms with Gasteiger partial charge in [0.1, 0.15) is 5.69 Å². The SMILES string of the molecule is Cc1ccc([C@@H]2[C@@H](C(=O)O)n3cccc3C(=O)N2Cc2ccccc2)cc1. The first-order valence-corrected chi connectivity index (χ1v) is 8.87. The summed E-state index contributed by atoms with van der Waals surface area (Å²) in [6.45, 7) is 2.34. The van der Waals surface area contributed by atoms with Crippen molar-refractivity contribution in [2.24, 2.45) is 0 Å². The Kier molecular flexibility index (Phi) is 4.28. The molecule has 0 aliphatic carbocycles. The minimum Gasteiger partial charge on any atom is -0.480 e. The number of hydrogen-bond donors (Lipinski definition) is 1. The van der Waals surface area contributed by atoms with Crippen LogP contribution in [0.4, 0.5) is 0 Å². The number of aryl methyl sites for hydroxylation is 1. The number of fused-ring (bicyclic) bond motifs is 1. The molecule has 2 atom stereocenters. The van der Waals surface area contributed by atoms with Crippen molar-refractivity contribution in [1.29, 1.82) is 0 Å². The molecule has 2 heterocycles. The zero-order valence-corrected chi connectivity index (χ0v) is 14.9. The van der Waals surface area contributed by atoms with Gasteiger partial charge in [0.25, 0.3) is 5.91 Å². The van der Waals surface area contributed by atoms with Gasteiger partial charge in [-0.3, -0.25) is 4.79 Å². The van der Waals surface area contributed by atoms with Crippen molar-refractivity contribution in [1.82, 2.24) is 9.47 Å². The zero-order chi connectivity index (χ0) is 19.0. The molecule has 1 aliphatic rings. The Morgan fingerprint density at radius 3 is 2.37 bits per heavy atom. The maximum Gasteiger partial charge on any atom is 0.329 e. The molecule has 5 heteroatoms. The van der Waals surface area contributed by atoms with Gasteiger partial charge in [0.15, 0.2) is 6.04 Å². The van der Waals surface area contributed by atoms with Gasteiger partial charge < -0.3 is 14.6 Å². The second-order valence-electron chi connectivity index (χ2n) is 6.86. The number of nitrogens with zero attached hydrogens (tertiary/aromatic N) is 2. The van der Waals surface area contributed by atoms with Gasteiger partial charge in [0.05, 0.1) is 6.04 Å². The molecule has 1 aliphatic heterocycles. The molecule has 0 bridgehead atoms. The van der Waals surface area contributed by atoms with Crippen molar-refractivity contribution in [3.63, 3.8) is 0 Å². The third-order valence-corrected chi connectivity index (χ3v) is 5.06. The number of carbonyl (C=O) groups is 2. The van der Waals surface area contributed by atoms with E-state index in [1.165, 1.54) is 0 Å². The molecule has 0 saturated carbocycles. The minimum atomic E-state index is -0.955. The van der Waals surface area contributed by atoms with Crippen LogP contribution in [0.3, 0.4) is 0 Å². The van der Waals surface area contributed by atoms with Crippen molar-refractivity contribution < 1.29 is 14.7 Å². The number of benzene rings is 2. The molecule has 27 heavy (non-hydrogen) atoms. The van der Waals surface area contributed by atoms with E-state index in [0.29, 0.717) is 12.2 Å². The molecule has 136 valence electrons. The van der Waals surface area contributed by atoms with E-state index in [2.05, 4.69) is 0 Å². The number of aliphatic carboxylic acids is 1. The number of amides is 1. The van der Waals surface area contributed by atoms with Crippen molar-refractivity contribution in [2.45, 2.75) is 25.6 Å². The van der Waals surface area contributed by atoms with Crippen LogP contribution in [0, 0.1) is 6.92 Å². The number of carboxylic acids is 1. The van der Waals surface area contributed by atoms with Gasteiger partial charge in [0, 0.05) is 12.7 Å². The van der Waals surface area contributed by atoms with Gasteiger partial charge in [0.2, 0.25) is 0 Å². The van der Waals surface area contributed by atoms with Crippen LogP contribution in [0.1, 0.15) is 39.3 Å². The topological polar surface area (TPSA) is 62.5 Å². The van der Waals surface area contributed by atoms with Crippen LogP contribution in [-0.2, 0) is 11.3 Å². The molecule has 0 unspecified atom stereocenters. The molecule has 0 spiro atoms. The molecule has 4 rings (SSSR count). The average molecular weight is 360 g/mol. The first-order chi connectivity index (χ1) is 13.1. The van der Waals surface area contributed by atoms with Gasteiger partial charge >= 0.3 is 5.97 Å². The summed E-state index contributed by atoms with van der Waals surface area (Å²) in [7, 11) is 0. The highest BCUT2D eigenvalue weighted by Gasteiger charge is 2.43. The smallest absolute Gasteiger partial charge is 0.329 e. The highest BCUT2D eigenvalue weighted by molar-refractivity contribution is 5.95. The van der Waals surface area contributed by atoms with Crippen LogP contribution in [0.2, 0.25) is 0 Å². The molecule has 3 aromatic rings. The quantitative estimate of drug-likeness (QED) is 0.769. The van der Waals surface area contributed by atoms with E-state index in [0.717, 1.165) is 16.7 Å². The lowest BCUT2D eigenvalue weighted by atomic mass is 9.93. The average Bonchev–Trinajstić information content (AvgIpc) is 3.15. The summed E-state index contributed by atoms with van der Waals surface area (Å²) in [5.41, 5.74) is 3.27. The Morgan fingerprint density at radius 2 is 1.70 bits per heavy atom. The minimum absolute atomic E-state index is 0.160. The van der Waals surface area contributed by atoms with E-state index >= 15 is 0 Å². The van der Waals surface area contributed by atoms with E-state index in [4.69, 9.17) is 0 Å². The second kappa shape index (κ2) is 6.76. The third-order valence-electron chi connectivity index (χ3n) is 5.06. The van der Waals surface area contributed by atoms with Crippen LogP contribution >= 0.6 is 0 Å². The normalized spacial score (nSPS) is 19.0. The number of rotatable bonds is 4. The summed E-state index contributed by atoms with van der Waals surface area (Å²) in [5.74, 6) is -1.12. The van der Waals surface area contributed by atoms with Crippen molar-refractivity contribution in [3.05, 3.63) is 95.3 Å². The summed E-state index contributed by atoms with van der Waals surface area (Å²) in [5, 5.41) is 10.0. The summed E-state index contributed by atoms with van der Waals surface area (Å²) in [6, 6.07) is 19.3. The van der Waals surface area contributed by atoms with Gasteiger partial charge in [-0.1, -0.05) is 60.2 Å². The Hall–Kier alpha value is -3.34. The highest BCUT2D eigenvalue weighted by Crippen LogP contribution is 2.39. The maximum atomic E-state index is 13.2. The van der Waals surface area contributed by atoms with Crippen molar-refractivity contribution >= 4 is 11.9 Å². The van der Waals surface area contributed by atoms with Crippen LogP contribution < -0.4 is 0 Å². The van der Waals surface area contributed by atoms with E-state index in [1.54, 1.807) is 27.8 Å². The summed E-state index contributed by atoms with van der Waals surface area (Å²) in [6.07, 6.45) is 1.67. The Morgan fingerprint density at radius 1 is 1.00 bits per heavy atom. The van der Waals surface area contributed by atoms with Gasteiger partial charge in [-0.05, 0) is 30.2 Å². The van der Waals surface area contributed by atoms with Crippen LogP contribution in [0.5, 0.6) is 0 Å². The monoisotopic (exact) mass is 360 g/mol. The van der Waals surface area contributed by atoms with Gasteiger partial charge in [-0.15, -0.1) is 0 Å². The molecule has 0 fully saturated rings. The molecule has 2 aromatic carbocycles. The molecule has 0 saturated heterocycles. The molecule has 1 aromatic heterocycles. The first-order valence-electron chi connectivity index (χ1n) is 8.87. The number of carbonyl (C=O) groups excluding carboxylic acids is 1. The van der Waals surface area contributed by atoms with Gasteiger partial charge in [-0.2, -0.15) is 0 Å².